The van der Waals surface area contributed by atoms with Crippen molar-refractivity contribution in [2.45, 2.75) is 39.8 Å². The first-order valence-corrected chi connectivity index (χ1v) is 7.23. The first-order valence-electron chi connectivity index (χ1n) is 7.23. The van der Waals surface area contributed by atoms with Crippen LogP contribution in [0, 0.1) is 0 Å². The fourth-order valence-corrected chi connectivity index (χ4v) is 2.32. The number of hydrogen-bond acceptors (Lipinski definition) is 3. The van der Waals surface area contributed by atoms with Gasteiger partial charge in [-0.25, -0.2) is 0 Å². The van der Waals surface area contributed by atoms with Gasteiger partial charge in [0, 0.05) is 18.6 Å². The van der Waals surface area contributed by atoms with Crippen LogP contribution in [0.4, 0.5) is 0 Å². The van der Waals surface area contributed by atoms with Crippen LogP contribution < -0.4 is 10.1 Å². The Bertz CT molecular complexity index is 362. The molecule has 0 aliphatic heterocycles. The second-order valence-corrected chi connectivity index (χ2v) is 5.08. The highest BCUT2D eigenvalue weighted by Gasteiger charge is 2.18. The molecule has 3 heteroatoms. The third kappa shape index (κ3) is 4.84. The van der Waals surface area contributed by atoms with Crippen LogP contribution in [-0.4, -0.2) is 37.7 Å². The second-order valence-electron chi connectivity index (χ2n) is 5.08. The van der Waals surface area contributed by atoms with Crippen LogP contribution >= 0.6 is 0 Å². The standard InChI is InChI=1S/C16H28N2O/c1-6-18(7-2)16(12-17-13(3)4)14-9-8-10-15(11-14)19-5/h8-11,13,16-17H,6-7,12H2,1-5H3. The molecule has 1 atom stereocenters. The summed E-state index contributed by atoms with van der Waals surface area (Å²) in [5.74, 6) is 0.930. The molecular weight excluding hydrogens is 236 g/mol. The van der Waals surface area contributed by atoms with Crippen LogP contribution in [0.2, 0.25) is 0 Å². The molecule has 0 spiro atoms. The minimum absolute atomic E-state index is 0.396. The van der Waals surface area contributed by atoms with E-state index in [2.05, 4.69) is 56.1 Å². The van der Waals surface area contributed by atoms with E-state index >= 15 is 0 Å². The molecular formula is C16H28N2O. The molecule has 1 rings (SSSR count). The number of hydrogen-bond donors (Lipinski definition) is 1. The lowest BCUT2D eigenvalue weighted by Crippen LogP contribution is -2.38. The average Bonchev–Trinajstić information content (AvgIpc) is 2.43. The maximum absolute atomic E-state index is 5.34. The number of benzene rings is 1. The molecule has 1 N–H and O–H groups in total. The molecule has 0 radical (unpaired) electrons. The van der Waals surface area contributed by atoms with E-state index in [1.807, 2.05) is 6.07 Å². The van der Waals surface area contributed by atoms with Gasteiger partial charge in [-0.1, -0.05) is 39.8 Å². The third-order valence-electron chi connectivity index (χ3n) is 3.45. The highest BCUT2D eigenvalue weighted by Crippen LogP contribution is 2.23. The van der Waals surface area contributed by atoms with Gasteiger partial charge in [0.15, 0.2) is 0 Å². The van der Waals surface area contributed by atoms with Crippen molar-refractivity contribution < 1.29 is 4.74 Å². The number of methoxy groups -OCH3 is 1. The second kappa shape index (κ2) is 8.18. The van der Waals surface area contributed by atoms with E-state index in [1.54, 1.807) is 7.11 Å². The molecule has 3 nitrogen and oxygen atoms in total. The summed E-state index contributed by atoms with van der Waals surface area (Å²) in [5, 5.41) is 3.55. The van der Waals surface area contributed by atoms with Crippen molar-refractivity contribution in [1.82, 2.24) is 10.2 Å². The predicted octanol–water partition coefficient (Wildman–Crippen LogP) is 3.08. The van der Waals surface area contributed by atoms with Gasteiger partial charge >= 0.3 is 0 Å². The number of ether oxygens (including phenoxy) is 1. The molecule has 0 heterocycles. The van der Waals surface area contributed by atoms with Crippen molar-refractivity contribution in [1.29, 1.82) is 0 Å². The smallest absolute Gasteiger partial charge is 0.119 e. The van der Waals surface area contributed by atoms with Crippen LogP contribution in [0.15, 0.2) is 24.3 Å². The van der Waals surface area contributed by atoms with Gasteiger partial charge in [0.1, 0.15) is 5.75 Å². The third-order valence-corrected chi connectivity index (χ3v) is 3.45. The summed E-state index contributed by atoms with van der Waals surface area (Å²) in [7, 11) is 1.72. The van der Waals surface area contributed by atoms with Crippen molar-refractivity contribution in [3.63, 3.8) is 0 Å². The lowest BCUT2D eigenvalue weighted by Gasteiger charge is -2.31. The van der Waals surface area contributed by atoms with Gasteiger partial charge in [-0.3, -0.25) is 4.90 Å². The minimum atomic E-state index is 0.396. The highest BCUT2D eigenvalue weighted by atomic mass is 16.5. The Morgan fingerprint density at radius 2 is 1.89 bits per heavy atom. The van der Waals surface area contributed by atoms with Gasteiger partial charge in [0.2, 0.25) is 0 Å². The van der Waals surface area contributed by atoms with Crippen molar-refractivity contribution >= 4 is 0 Å². The predicted molar refractivity (Wildman–Crippen MR) is 81.8 cm³/mol. The van der Waals surface area contributed by atoms with Crippen LogP contribution in [-0.2, 0) is 0 Å². The fraction of sp³-hybridized carbons (Fsp3) is 0.625. The van der Waals surface area contributed by atoms with Gasteiger partial charge in [0.25, 0.3) is 0 Å². The normalized spacial score (nSPS) is 13.0. The van der Waals surface area contributed by atoms with Gasteiger partial charge in [-0.05, 0) is 30.8 Å². The highest BCUT2D eigenvalue weighted by molar-refractivity contribution is 5.30. The maximum atomic E-state index is 5.34. The van der Waals surface area contributed by atoms with Crippen LogP contribution in [0.1, 0.15) is 39.3 Å². The molecule has 1 aromatic carbocycles. The zero-order valence-corrected chi connectivity index (χ0v) is 12.9. The topological polar surface area (TPSA) is 24.5 Å². The van der Waals surface area contributed by atoms with Crippen molar-refractivity contribution in [3.05, 3.63) is 29.8 Å². The van der Waals surface area contributed by atoms with E-state index in [9.17, 15) is 0 Å². The van der Waals surface area contributed by atoms with E-state index in [0.29, 0.717) is 12.1 Å². The van der Waals surface area contributed by atoms with Gasteiger partial charge < -0.3 is 10.1 Å². The van der Waals surface area contributed by atoms with Crippen molar-refractivity contribution in [3.8, 4) is 5.75 Å². The minimum Gasteiger partial charge on any atom is -0.497 e. The van der Waals surface area contributed by atoms with E-state index in [1.165, 1.54) is 5.56 Å². The average molecular weight is 264 g/mol. The van der Waals surface area contributed by atoms with Crippen LogP contribution in [0.5, 0.6) is 5.75 Å². The lowest BCUT2D eigenvalue weighted by atomic mass is 10.0. The number of nitrogens with one attached hydrogen (secondary N) is 1. The van der Waals surface area contributed by atoms with Crippen LogP contribution in [0.25, 0.3) is 0 Å². The summed E-state index contributed by atoms with van der Waals surface area (Å²) < 4.78 is 5.34. The summed E-state index contributed by atoms with van der Waals surface area (Å²) >= 11 is 0. The Balaban J connectivity index is 2.92. The van der Waals surface area contributed by atoms with E-state index < -0.39 is 0 Å². The number of nitrogens with zero attached hydrogens (tertiary/aromatic N) is 1. The van der Waals surface area contributed by atoms with E-state index in [4.69, 9.17) is 4.74 Å². The largest absolute Gasteiger partial charge is 0.497 e. The quantitative estimate of drug-likeness (QED) is 0.781. The molecule has 1 unspecified atom stereocenters. The molecule has 0 aromatic heterocycles. The summed E-state index contributed by atoms with van der Waals surface area (Å²) in [6.07, 6.45) is 0. The zero-order valence-electron chi connectivity index (χ0n) is 12.9. The molecule has 1 aromatic rings. The Morgan fingerprint density at radius 1 is 1.21 bits per heavy atom. The van der Waals surface area contributed by atoms with Crippen molar-refractivity contribution in [2.24, 2.45) is 0 Å². The van der Waals surface area contributed by atoms with Gasteiger partial charge in [-0.2, -0.15) is 0 Å². The Labute approximate surface area is 118 Å². The summed E-state index contributed by atoms with van der Waals surface area (Å²) in [6, 6.07) is 9.30. The first-order chi connectivity index (χ1) is 9.12. The zero-order chi connectivity index (χ0) is 14.3. The molecule has 19 heavy (non-hydrogen) atoms. The molecule has 0 amide bonds. The fourth-order valence-electron chi connectivity index (χ4n) is 2.32. The van der Waals surface area contributed by atoms with E-state index in [0.717, 1.165) is 25.4 Å². The number of likely N-dealkylation sites (N-methyl/N-ethyl adjacent to an activating group) is 1. The summed E-state index contributed by atoms with van der Waals surface area (Å²) in [5.41, 5.74) is 1.32. The Morgan fingerprint density at radius 3 is 2.42 bits per heavy atom. The summed E-state index contributed by atoms with van der Waals surface area (Å²) in [6.45, 7) is 11.9. The molecule has 0 bridgehead atoms. The molecule has 0 saturated carbocycles. The number of rotatable bonds is 8. The Hall–Kier alpha value is -1.06. The monoisotopic (exact) mass is 264 g/mol. The van der Waals surface area contributed by atoms with Crippen LogP contribution in [0.3, 0.4) is 0 Å². The van der Waals surface area contributed by atoms with Gasteiger partial charge in [0.05, 0.1) is 7.11 Å². The molecule has 108 valence electrons. The molecule has 0 aliphatic carbocycles. The van der Waals surface area contributed by atoms with E-state index in [-0.39, 0.29) is 0 Å². The Kier molecular flexibility index (Phi) is 6.89. The first kappa shape index (κ1) is 16.0. The maximum Gasteiger partial charge on any atom is 0.119 e. The van der Waals surface area contributed by atoms with Gasteiger partial charge in [-0.15, -0.1) is 0 Å². The van der Waals surface area contributed by atoms with Crippen molar-refractivity contribution in [2.75, 3.05) is 26.7 Å². The summed E-state index contributed by atoms with van der Waals surface area (Å²) in [4.78, 5) is 2.48. The SMILES string of the molecule is CCN(CC)C(CNC(C)C)c1cccc(OC)c1. The molecule has 0 saturated heterocycles. The molecule has 0 aliphatic rings. The lowest BCUT2D eigenvalue weighted by molar-refractivity contribution is 0.210. The molecule has 0 fully saturated rings.